The zero-order valence-electron chi connectivity index (χ0n) is 17.4. The molecule has 3 aromatic rings. The van der Waals surface area contributed by atoms with Gasteiger partial charge in [0.1, 0.15) is 12.1 Å². The van der Waals surface area contributed by atoms with Crippen molar-refractivity contribution >= 4 is 22.8 Å². The van der Waals surface area contributed by atoms with Gasteiger partial charge in [-0.15, -0.1) is 0 Å². The van der Waals surface area contributed by atoms with Gasteiger partial charge in [0.2, 0.25) is 5.91 Å². The van der Waals surface area contributed by atoms with E-state index in [9.17, 15) is 35.9 Å². The fourth-order valence-electron chi connectivity index (χ4n) is 2.88. The van der Waals surface area contributed by atoms with Crippen LogP contribution in [0.25, 0.3) is 11.0 Å². The first-order valence-electron chi connectivity index (χ1n) is 9.98. The Bertz CT molecular complexity index is 1150. The van der Waals surface area contributed by atoms with Crippen LogP contribution in [0, 0.1) is 0 Å². The summed E-state index contributed by atoms with van der Waals surface area (Å²) >= 11 is 0. The van der Waals surface area contributed by atoms with Crippen LogP contribution < -0.4 is 10.6 Å². The lowest BCUT2D eigenvalue weighted by atomic mass is 10.2. The molecule has 0 saturated carbocycles. The molecule has 0 aliphatic carbocycles. The summed E-state index contributed by atoms with van der Waals surface area (Å²) in [6.45, 7) is -0.0116. The standard InChI is InChI=1S/C20H19F6N5O3/c21-19(22,23)5-3-16(32)27-8-11-1-2-12-13(7-11)30-15(29-12)9-28-18(33)14-10-34-17(31-14)4-6-20(24,25)26/h1-2,7,10H,3-6,8-9H2,(H,27,32)(H,28,33)(H,29,30). The average Bonchev–Trinajstić information content (AvgIpc) is 3.38. The average molecular weight is 491 g/mol. The Labute approximate surface area is 188 Å². The van der Waals surface area contributed by atoms with E-state index in [4.69, 9.17) is 4.42 Å². The third kappa shape index (κ3) is 7.78. The highest BCUT2D eigenvalue weighted by molar-refractivity contribution is 5.91. The minimum atomic E-state index is -4.40. The number of halogens is 6. The molecule has 0 saturated heterocycles. The van der Waals surface area contributed by atoms with Gasteiger partial charge in [-0.2, -0.15) is 26.3 Å². The van der Waals surface area contributed by atoms with Crippen molar-refractivity contribution in [2.75, 3.05) is 0 Å². The molecule has 34 heavy (non-hydrogen) atoms. The summed E-state index contributed by atoms with van der Waals surface area (Å²) in [7, 11) is 0. The first kappa shape index (κ1) is 25.1. The molecule has 0 unspecified atom stereocenters. The van der Waals surface area contributed by atoms with Crippen LogP contribution in [0.1, 0.15) is 47.0 Å². The maximum atomic E-state index is 12.3. The highest BCUT2D eigenvalue weighted by Crippen LogP contribution is 2.22. The van der Waals surface area contributed by atoms with E-state index in [0.717, 1.165) is 6.26 Å². The van der Waals surface area contributed by atoms with Crippen LogP contribution >= 0.6 is 0 Å². The number of imidazole rings is 1. The number of rotatable bonds is 9. The molecule has 0 aliphatic heterocycles. The monoisotopic (exact) mass is 491 g/mol. The number of benzene rings is 1. The van der Waals surface area contributed by atoms with Crippen molar-refractivity contribution in [3.8, 4) is 0 Å². The minimum absolute atomic E-state index is 0.0283. The van der Waals surface area contributed by atoms with Gasteiger partial charge in [0, 0.05) is 19.4 Å². The van der Waals surface area contributed by atoms with E-state index < -0.39 is 49.9 Å². The van der Waals surface area contributed by atoms with Gasteiger partial charge >= 0.3 is 12.4 Å². The highest BCUT2D eigenvalue weighted by atomic mass is 19.4. The lowest BCUT2D eigenvalue weighted by Gasteiger charge is -2.07. The number of nitrogens with one attached hydrogen (secondary N) is 3. The quantitative estimate of drug-likeness (QED) is 0.393. The second-order valence-corrected chi connectivity index (χ2v) is 7.35. The molecule has 0 bridgehead atoms. The molecule has 0 spiro atoms. The minimum Gasteiger partial charge on any atom is -0.448 e. The van der Waals surface area contributed by atoms with Gasteiger partial charge < -0.3 is 20.0 Å². The fourth-order valence-corrected chi connectivity index (χ4v) is 2.88. The Balaban J connectivity index is 1.51. The van der Waals surface area contributed by atoms with Gasteiger partial charge in [-0.1, -0.05) is 6.07 Å². The molecule has 0 atom stereocenters. The van der Waals surface area contributed by atoms with E-state index in [0.29, 0.717) is 22.4 Å². The predicted molar refractivity (Wildman–Crippen MR) is 105 cm³/mol. The number of aromatic nitrogens is 3. The summed E-state index contributed by atoms with van der Waals surface area (Å²) in [5.74, 6) is -1.22. The van der Waals surface area contributed by atoms with Gasteiger partial charge in [0.25, 0.3) is 5.91 Å². The Morgan fingerprint density at radius 2 is 1.71 bits per heavy atom. The van der Waals surface area contributed by atoms with Crippen molar-refractivity contribution in [3.63, 3.8) is 0 Å². The van der Waals surface area contributed by atoms with Crippen LogP contribution in [0.3, 0.4) is 0 Å². The number of nitrogens with zero attached hydrogens (tertiary/aromatic N) is 2. The Hall–Kier alpha value is -3.58. The van der Waals surface area contributed by atoms with Gasteiger partial charge in [0.15, 0.2) is 11.6 Å². The van der Waals surface area contributed by atoms with E-state index >= 15 is 0 Å². The first-order chi connectivity index (χ1) is 15.9. The number of fused-ring (bicyclic) bond motifs is 1. The smallest absolute Gasteiger partial charge is 0.389 e. The van der Waals surface area contributed by atoms with E-state index in [1.807, 2.05) is 0 Å². The van der Waals surface area contributed by atoms with Crippen molar-refractivity contribution in [1.82, 2.24) is 25.6 Å². The van der Waals surface area contributed by atoms with Gasteiger partial charge in [0.05, 0.1) is 30.4 Å². The van der Waals surface area contributed by atoms with Crippen molar-refractivity contribution in [3.05, 3.63) is 47.4 Å². The Morgan fingerprint density at radius 1 is 0.971 bits per heavy atom. The number of aromatic amines is 1. The zero-order valence-corrected chi connectivity index (χ0v) is 17.4. The molecule has 184 valence electrons. The van der Waals surface area contributed by atoms with Crippen LogP contribution in [0.4, 0.5) is 26.3 Å². The Morgan fingerprint density at radius 3 is 2.41 bits per heavy atom. The van der Waals surface area contributed by atoms with Crippen molar-refractivity contribution in [2.24, 2.45) is 0 Å². The molecule has 0 radical (unpaired) electrons. The van der Waals surface area contributed by atoms with Crippen LogP contribution in [-0.4, -0.2) is 39.1 Å². The highest BCUT2D eigenvalue weighted by Gasteiger charge is 2.28. The van der Waals surface area contributed by atoms with Gasteiger partial charge in [-0.25, -0.2) is 9.97 Å². The van der Waals surface area contributed by atoms with Gasteiger partial charge in [-0.3, -0.25) is 9.59 Å². The number of H-pyrrole nitrogens is 1. The number of carbonyl (C=O) groups excluding carboxylic acids is 2. The van der Waals surface area contributed by atoms with Crippen molar-refractivity contribution in [2.45, 2.75) is 51.1 Å². The SMILES string of the molecule is O=C(CCC(F)(F)F)NCc1ccc2nc(CNC(=O)c3coc(CCC(F)(F)F)n3)[nH]c2c1. The molecule has 3 N–H and O–H groups in total. The van der Waals surface area contributed by atoms with E-state index in [2.05, 4.69) is 25.6 Å². The number of hydrogen-bond acceptors (Lipinski definition) is 5. The second kappa shape index (κ2) is 10.1. The third-order valence-electron chi connectivity index (χ3n) is 4.54. The molecule has 2 aromatic heterocycles. The molecule has 3 rings (SSSR count). The molecule has 1 aromatic carbocycles. The normalized spacial score (nSPS) is 12.2. The third-order valence-corrected chi connectivity index (χ3v) is 4.54. The molecule has 2 amide bonds. The molecule has 8 nitrogen and oxygen atoms in total. The zero-order chi connectivity index (χ0) is 24.9. The van der Waals surface area contributed by atoms with Crippen LogP contribution in [-0.2, 0) is 24.3 Å². The number of carbonyl (C=O) groups is 2. The molecule has 14 heteroatoms. The van der Waals surface area contributed by atoms with Crippen molar-refractivity contribution < 1.29 is 40.3 Å². The summed E-state index contributed by atoms with van der Waals surface area (Å²) in [6.07, 6.45) is -11.3. The number of aryl methyl sites for hydroxylation is 1. The number of amides is 2. The molecular formula is C20H19F6N5O3. The molecule has 2 heterocycles. The lowest BCUT2D eigenvalue weighted by Crippen LogP contribution is -2.24. The van der Waals surface area contributed by atoms with Crippen LogP contribution in [0.15, 0.2) is 28.9 Å². The summed E-state index contributed by atoms with van der Waals surface area (Å²) in [5, 5.41) is 4.93. The summed E-state index contributed by atoms with van der Waals surface area (Å²) in [6, 6.07) is 4.94. The van der Waals surface area contributed by atoms with Crippen molar-refractivity contribution in [1.29, 1.82) is 0 Å². The van der Waals surface area contributed by atoms with E-state index in [-0.39, 0.29) is 24.7 Å². The molecular weight excluding hydrogens is 472 g/mol. The summed E-state index contributed by atoms with van der Waals surface area (Å²) in [5.41, 5.74) is 1.58. The number of oxazole rings is 1. The maximum absolute atomic E-state index is 12.3. The maximum Gasteiger partial charge on any atom is 0.389 e. The predicted octanol–water partition coefficient (Wildman–Crippen LogP) is 3.93. The van der Waals surface area contributed by atoms with E-state index in [1.165, 1.54) is 0 Å². The topological polar surface area (TPSA) is 113 Å². The summed E-state index contributed by atoms with van der Waals surface area (Å²) < 4.78 is 78.2. The molecule has 0 aliphatic rings. The van der Waals surface area contributed by atoms with Crippen LogP contribution in [0.2, 0.25) is 0 Å². The van der Waals surface area contributed by atoms with Gasteiger partial charge in [-0.05, 0) is 17.7 Å². The number of alkyl halides is 6. The number of hydrogen-bond donors (Lipinski definition) is 3. The first-order valence-corrected chi connectivity index (χ1v) is 9.98. The second-order valence-electron chi connectivity index (χ2n) is 7.35. The largest absolute Gasteiger partial charge is 0.448 e. The lowest BCUT2D eigenvalue weighted by molar-refractivity contribution is -0.144. The Kier molecular flexibility index (Phi) is 7.47. The fraction of sp³-hybridized carbons (Fsp3) is 0.400. The molecule has 0 fully saturated rings. The van der Waals surface area contributed by atoms with E-state index in [1.54, 1.807) is 18.2 Å². The van der Waals surface area contributed by atoms with Crippen LogP contribution in [0.5, 0.6) is 0 Å². The summed E-state index contributed by atoms with van der Waals surface area (Å²) in [4.78, 5) is 34.7.